The van der Waals surface area contributed by atoms with Crippen molar-refractivity contribution in [2.24, 2.45) is 0 Å². The fourth-order valence-electron chi connectivity index (χ4n) is 4.70. The number of thiophene rings is 1. The predicted molar refractivity (Wildman–Crippen MR) is 135 cm³/mol. The van der Waals surface area contributed by atoms with Crippen molar-refractivity contribution in [2.75, 3.05) is 22.1 Å². The number of aryl methyl sites for hydroxylation is 1. The molecule has 0 spiro atoms. The lowest BCUT2D eigenvalue weighted by Gasteiger charge is -2.34. The van der Waals surface area contributed by atoms with E-state index in [1.54, 1.807) is 11.3 Å². The predicted octanol–water partition coefficient (Wildman–Crippen LogP) is 5.93. The smallest absolute Gasteiger partial charge is 0.243 e. The summed E-state index contributed by atoms with van der Waals surface area (Å²) in [5.41, 5.74) is 5.64. The Morgan fingerprint density at radius 1 is 1.09 bits per heavy atom. The highest BCUT2D eigenvalue weighted by atomic mass is 32.1. The molecule has 33 heavy (non-hydrogen) atoms. The van der Waals surface area contributed by atoms with Crippen LogP contribution in [0, 0.1) is 0 Å². The number of fused-ring (bicyclic) bond motifs is 1. The van der Waals surface area contributed by atoms with E-state index in [2.05, 4.69) is 28.5 Å². The molecule has 2 aliphatic rings. The largest absolute Gasteiger partial charge is 0.357 e. The van der Waals surface area contributed by atoms with E-state index in [1.165, 1.54) is 5.56 Å². The third-order valence-electron chi connectivity index (χ3n) is 6.31. The van der Waals surface area contributed by atoms with Crippen LogP contribution in [0.3, 0.4) is 0 Å². The Morgan fingerprint density at radius 2 is 1.91 bits per heavy atom. The van der Waals surface area contributed by atoms with Gasteiger partial charge in [0.15, 0.2) is 5.78 Å². The molecule has 0 unspecified atom stereocenters. The number of anilines is 3. The van der Waals surface area contributed by atoms with E-state index in [4.69, 9.17) is 0 Å². The summed E-state index contributed by atoms with van der Waals surface area (Å²) in [6.45, 7) is 2.25. The van der Waals surface area contributed by atoms with Crippen LogP contribution in [0.4, 0.5) is 17.1 Å². The number of benzene rings is 2. The Hall–Kier alpha value is -3.38. The fraction of sp³-hybridized carbons (Fsp3) is 0.259. The summed E-state index contributed by atoms with van der Waals surface area (Å²) in [5.74, 6) is 0.0541. The minimum absolute atomic E-state index is 0.108. The van der Waals surface area contributed by atoms with Gasteiger partial charge in [0.1, 0.15) is 0 Å². The highest BCUT2D eigenvalue weighted by molar-refractivity contribution is 7.10. The average molecular weight is 458 g/mol. The van der Waals surface area contributed by atoms with E-state index in [1.807, 2.05) is 60.0 Å². The van der Waals surface area contributed by atoms with Gasteiger partial charge in [-0.05, 0) is 60.5 Å². The number of nitrogens with one attached hydrogen (secondary N) is 2. The Bertz CT molecular complexity index is 1200. The van der Waals surface area contributed by atoms with Crippen molar-refractivity contribution in [3.63, 3.8) is 0 Å². The molecule has 0 radical (unpaired) electrons. The normalized spacial score (nSPS) is 17.7. The second kappa shape index (κ2) is 9.24. The molecule has 0 saturated carbocycles. The van der Waals surface area contributed by atoms with Crippen molar-refractivity contribution >= 4 is 40.1 Å². The van der Waals surface area contributed by atoms with Gasteiger partial charge in [-0.15, -0.1) is 11.3 Å². The molecule has 3 aromatic rings. The number of allylic oxidation sites excluding steroid dienone is 1. The van der Waals surface area contributed by atoms with Gasteiger partial charge in [0.2, 0.25) is 5.91 Å². The number of Topliss-reactive ketones (excluding diaryl/α,β-unsaturated/α-hetero) is 1. The summed E-state index contributed by atoms with van der Waals surface area (Å²) < 4.78 is 0. The van der Waals surface area contributed by atoms with E-state index in [9.17, 15) is 9.59 Å². The van der Waals surface area contributed by atoms with E-state index in [-0.39, 0.29) is 24.3 Å². The monoisotopic (exact) mass is 457 g/mol. The lowest BCUT2D eigenvalue weighted by atomic mass is 9.88. The number of nitrogens with zero attached hydrogens (tertiary/aromatic N) is 1. The molecule has 6 heteroatoms. The SMILES string of the molecule is CCc1ccc(NC(=O)CN2c3ccccc3NC3=C(C(=O)CCC3)[C@@H]2c2cccs2)cc1. The molecule has 1 amide bonds. The van der Waals surface area contributed by atoms with E-state index in [0.717, 1.165) is 52.5 Å². The summed E-state index contributed by atoms with van der Waals surface area (Å²) in [6.07, 6.45) is 3.18. The molecular weight excluding hydrogens is 430 g/mol. The Labute approximate surface area is 198 Å². The van der Waals surface area contributed by atoms with E-state index < -0.39 is 0 Å². The van der Waals surface area contributed by atoms with Crippen LogP contribution < -0.4 is 15.5 Å². The van der Waals surface area contributed by atoms with Crippen LogP contribution in [0.1, 0.15) is 42.7 Å². The molecular formula is C27H27N3O2S. The summed E-state index contributed by atoms with van der Waals surface area (Å²) in [4.78, 5) is 29.6. The fourth-order valence-corrected chi connectivity index (χ4v) is 5.54. The molecule has 1 aromatic heterocycles. The maximum atomic E-state index is 13.2. The first-order valence-corrected chi connectivity index (χ1v) is 12.3. The standard InChI is InChI=1S/C27H27N3O2S/c1-2-18-12-14-19(15-13-18)28-25(32)17-30-22-9-4-3-7-20(22)29-21-8-5-10-23(31)26(21)27(30)24-11-6-16-33-24/h3-4,6-7,9,11-16,27,29H,2,5,8,10,17H2,1H3,(H,28,32)/t27-/m0/s1. The Balaban J connectivity index is 1.54. The number of ketones is 1. The number of hydrogen-bond acceptors (Lipinski definition) is 5. The van der Waals surface area contributed by atoms with Crippen molar-refractivity contribution < 1.29 is 9.59 Å². The van der Waals surface area contributed by atoms with Crippen LogP contribution >= 0.6 is 11.3 Å². The van der Waals surface area contributed by atoms with Gasteiger partial charge in [0.25, 0.3) is 0 Å². The highest BCUT2D eigenvalue weighted by Crippen LogP contribution is 2.45. The summed E-state index contributed by atoms with van der Waals surface area (Å²) in [5, 5.41) is 8.61. The van der Waals surface area contributed by atoms with Crippen molar-refractivity contribution in [1.29, 1.82) is 0 Å². The second-order valence-corrected chi connectivity index (χ2v) is 9.43. The first-order valence-electron chi connectivity index (χ1n) is 11.4. The van der Waals surface area contributed by atoms with Gasteiger partial charge < -0.3 is 15.5 Å². The van der Waals surface area contributed by atoms with Crippen LogP contribution in [0.5, 0.6) is 0 Å². The molecule has 1 aliphatic heterocycles. The first-order chi connectivity index (χ1) is 16.1. The number of carbonyl (C=O) groups is 2. The third kappa shape index (κ3) is 4.31. The quantitative estimate of drug-likeness (QED) is 0.499. The number of hydrogen-bond donors (Lipinski definition) is 2. The lowest BCUT2D eigenvalue weighted by molar-refractivity contribution is -0.117. The van der Waals surface area contributed by atoms with E-state index in [0.29, 0.717) is 6.42 Å². The molecule has 1 aliphatic carbocycles. The van der Waals surface area contributed by atoms with Crippen molar-refractivity contribution in [3.05, 3.63) is 87.8 Å². The van der Waals surface area contributed by atoms with Crippen LogP contribution in [-0.2, 0) is 16.0 Å². The maximum Gasteiger partial charge on any atom is 0.243 e. The van der Waals surface area contributed by atoms with Crippen molar-refractivity contribution in [3.8, 4) is 0 Å². The number of para-hydroxylation sites is 2. The van der Waals surface area contributed by atoms with Crippen molar-refractivity contribution in [1.82, 2.24) is 0 Å². The van der Waals surface area contributed by atoms with E-state index >= 15 is 0 Å². The molecule has 0 bridgehead atoms. The Kier molecular flexibility index (Phi) is 6.01. The zero-order valence-electron chi connectivity index (χ0n) is 18.6. The lowest BCUT2D eigenvalue weighted by Crippen LogP contribution is -2.38. The van der Waals surface area contributed by atoms with Crippen LogP contribution in [0.2, 0.25) is 0 Å². The van der Waals surface area contributed by atoms with Gasteiger partial charge in [-0.2, -0.15) is 0 Å². The van der Waals surface area contributed by atoms with Gasteiger partial charge in [0.05, 0.1) is 24.0 Å². The molecule has 5 nitrogen and oxygen atoms in total. The molecule has 5 rings (SSSR count). The summed E-state index contributed by atoms with van der Waals surface area (Å²) in [7, 11) is 0. The molecule has 2 aromatic carbocycles. The van der Waals surface area contributed by atoms with Crippen LogP contribution in [-0.4, -0.2) is 18.2 Å². The zero-order valence-corrected chi connectivity index (χ0v) is 19.5. The minimum Gasteiger partial charge on any atom is -0.357 e. The number of amides is 1. The van der Waals surface area contributed by atoms with Gasteiger partial charge in [-0.1, -0.05) is 37.3 Å². The van der Waals surface area contributed by atoms with Crippen LogP contribution in [0.25, 0.3) is 0 Å². The van der Waals surface area contributed by atoms with Gasteiger partial charge in [-0.3, -0.25) is 9.59 Å². The topological polar surface area (TPSA) is 61.4 Å². The van der Waals surface area contributed by atoms with Crippen LogP contribution in [0.15, 0.2) is 77.3 Å². The molecule has 0 saturated heterocycles. The molecule has 2 N–H and O–H groups in total. The number of carbonyl (C=O) groups excluding carboxylic acids is 2. The molecule has 0 fully saturated rings. The third-order valence-corrected chi connectivity index (χ3v) is 7.24. The zero-order chi connectivity index (χ0) is 22.8. The second-order valence-electron chi connectivity index (χ2n) is 8.46. The minimum atomic E-state index is -0.294. The summed E-state index contributed by atoms with van der Waals surface area (Å²) >= 11 is 1.62. The molecule has 1 atom stereocenters. The molecule has 168 valence electrons. The maximum absolute atomic E-state index is 13.2. The summed E-state index contributed by atoms with van der Waals surface area (Å²) in [6, 6.07) is 19.7. The van der Waals surface area contributed by atoms with Gasteiger partial charge in [-0.25, -0.2) is 0 Å². The van der Waals surface area contributed by atoms with Crippen molar-refractivity contribution in [2.45, 2.75) is 38.6 Å². The first kappa shape index (κ1) is 21.5. The number of rotatable bonds is 5. The van der Waals surface area contributed by atoms with Gasteiger partial charge >= 0.3 is 0 Å². The highest BCUT2D eigenvalue weighted by Gasteiger charge is 2.37. The molecule has 2 heterocycles. The average Bonchev–Trinajstić information content (AvgIpc) is 3.31. The van der Waals surface area contributed by atoms with Gasteiger partial charge in [0, 0.05) is 28.3 Å². The Morgan fingerprint density at radius 3 is 2.67 bits per heavy atom.